The van der Waals surface area contributed by atoms with E-state index in [1.807, 2.05) is 48.5 Å². The molecule has 0 fully saturated rings. The molecule has 2 aromatic heterocycles. The van der Waals surface area contributed by atoms with E-state index in [4.69, 9.17) is 4.74 Å². The van der Waals surface area contributed by atoms with Gasteiger partial charge in [-0.15, -0.1) is 0 Å². The number of nitrogens with zero attached hydrogens (tertiary/aromatic N) is 2. The first-order valence-electron chi connectivity index (χ1n) is 8.97. The van der Waals surface area contributed by atoms with Crippen LogP contribution in [0.25, 0.3) is 33.5 Å². The van der Waals surface area contributed by atoms with E-state index >= 15 is 0 Å². The molecule has 6 heteroatoms. The molecule has 0 radical (unpaired) electrons. The van der Waals surface area contributed by atoms with Gasteiger partial charge in [-0.25, -0.2) is 9.78 Å². The smallest absolute Gasteiger partial charge is 0.336 e. The molecule has 0 aliphatic heterocycles. The summed E-state index contributed by atoms with van der Waals surface area (Å²) in [4.78, 5) is 16.6. The predicted molar refractivity (Wildman–Crippen MR) is 108 cm³/mol. The molecule has 0 spiro atoms. The van der Waals surface area contributed by atoms with Crippen LogP contribution in [-0.4, -0.2) is 33.4 Å². The molecule has 28 heavy (non-hydrogen) atoms. The molecule has 2 heterocycles. The summed E-state index contributed by atoms with van der Waals surface area (Å²) in [5.41, 5.74) is 4.45. The first-order chi connectivity index (χ1) is 13.6. The third kappa shape index (κ3) is 2.99. The molecule has 0 aliphatic rings. The Morgan fingerprint density at radius 3 is 2.57 bits per heavy atom. The van der Waals surface area contributed by atoms with Crippen LogP contribution in [0.1, 0.15) is 22.8 Å². The standard InChI is InChI=1S/C22H19N3O3/c1-3-13-8-10-14(11-9-13)20-19-16(22(26)27)12-17(23-21(19)25-24-20)15-6-4-5-7-18(15)28-2/h4-12H,3H2,1-2H3,(H,26,27)(H,23,24,25). The second kappa shape index (κ2) is 7.15. The number of rotatable bonds is 5. The molecule has 4 aromatic rings. The van der Waals surface area contributed by atoms with Crippen LogP contribution in [0.4, 0.5) is 0 Å². The number of hydrogen-bond donors (Lipinski definition) is 2. The molecule has 0 saturated carbocycles. The highest BCUT2D eigenvalue weighted by Crippen LogP contribution is 2.34. The van der Waals surface area contributed by atoms with Crippen LogP contribution in [0.5, 0.6) is 5.75 Å². The Hall–Kier alpha value is -3.67. The lowest BCUT2D eigenvalue weighted by molar-refractivity contribution is 0.0699. The molecule has 0 aliphatic carbocycles. The lowest BCUT2D eigenvalue weighted by Crippen LogP contribution is -2.01. The number of carboxylic acid groups (broad SMARTS) is 1. The van der Waals surface area contributed by atoms with Crippen LogP contribution in [0.15, 0.2) is 54.6 Å². The molecule has 2 aromatic carbocycles. The van der Waals surface area contributed by atoms with Crippen LogP contribution in [0.2, 0.25) is 0 Å². The summed E-state index contributed by atoms with van der Waals surface area (Å²) in [5.74, 6) is -0.409. The van der Waals surface area contributed by atoms with Crippen molar-refractivity contribution in [2.45, 2.75) is 13.3 Å². The Labute approximate surface area is 161 Å². The summed E-state index contributed by atoms with van der Waals surface area (Å²) in [7, 11) is 1.57. The van der Waals surface area contributed by atoms with E-state index in [-0.39, 0.29) is 5.56 Å². The normalized spacial score (nSPS) is 10.9. The van der Waals surface area contributed by atoms with Gasteiger partial charge in [-0.05, 0) is 30.2 Å². The molecule has 0 saturated heterocycles. The van der Waals surface area contributed by atoms with Gasteiger partial charge in [-0.2, -0.15) is 5.10 Å². The number of fused-ring (bicyclic) bond motifs is 1. The Bertz CT molecular complexity index is 1160. The summed E-state index contributed by atoms with van der Waals surface area (Å²) in [6.07, 6.45) is 0.939. The van der Waals surface area contributed by atoms with Gasteiger partial charge >= 0.3 is 5.97 Å². The van der Waals surface area contributed by atoms with Gasteiger partial charge in [-0.3, -0.25) is 5.10 Å². The van der Waals surface area contributed by atoms with Crippen LogP contribution in [-0.2, 0) is 6.42 Å². The van der Waals surface area contributed by atoms with E-state index in [0.29, 0.717) is 33.7 Å². The molecule has 140 valence electrons. The quantitative estimate of drug-likeness (QED) is 0.535. The number of nitrogens with one attached hydrogen (secondary N) is 1. The van der Waals surface area contributed by atoms with Crippen molar-refractivity contribution in [1.82, 2.24) is 15.2 Å². The van der Waals surface area contributed by atoms with E-state index in [1.165, 1.54) is 5.56 Å². The zero-order chi connectivity index (χ0) is 19.7. The van der Waals surface area contributed by atoms with Gasteiger partial charge < -0.3 is 9.84 Å². The van der Waals surface area contributed by atoms with E-state index < -0.39 is 5.97 Å². The maximum atomic E-state index is 12.0. The van der Waals surface area contributed by atoms with Crippen molar-refractivity contribution in [2.24, 2.45) is 0 Å². The van der Waals surface area contributed by atoms with Crippen molar-refractivity contribution in [2.75, 3.05) is 7.11 Å². The second-order valence-corrected chi connectivity index (χ2v) is 6.41. The van der Waals surface area contributed by atoms with Crippen LogP contribution in [0.3, 0.4) is 0 Å². The number of aromatic carboxylic acids is 1. The number of ether oxygens (including phenoxy) is 1. The molecule has 4 rings (SSSR count). The maximum absolute atomic E-state index is 12.0. The average molecular weight is 373 g/mol. The minimum absolute atomic E-state index is 0.147. The number of carbonyl (C=O) groups is 1. The van der Waals surface area contributed by atoms with Crippen molar-refractivity contribution < 1.29 is 14.6 Å². The Morgan fingerprint density at radius 1 is 1.14 bits per heavy atom. The SMILES string of the molecule is CCc1ccc(-c2[nH]nc3nc(-c4ccccc4OC)cc(C(=O)O)c23)cc1. The number of pyridine rings is 1. The molecule has 0 atom stereocenters. The summed E-state index contributed by atoms with van der Waals surface area (Å²) >= 11 is 0. The average Bonchev–Trinajstić information content (AvgIpc) is 3.17. The van der Waals surface area contributed by atoms with Crippen molar-refractivity contribution in [3.8, 4) is 28.3 Å². The molecule has 2 N–H and O–H groups in total. The first-order valence-corrected chi connectivity index (χ1v) is 8.97. The van der Waals surface area contributed by atoms with E-state index in [9.17, 15) is 9.90 Å². The largest absolute Gasteiger partial charge is 0.496 e. The fraction of sp³-hybridized carbons (Fsp3) is 0.136. The lowest BCUT2D eigenvalue weighted by Gasteiger charge is -2.09. The topological polar surface area (TPSA) is 88.1 Å². The predicted octanol–water partition coefficient (Wildman–Crippen LogP) is 4.56. The Kier molecular flexibility index (Phi) is 4.53. The van der Waals surface area contributed by atoms with Gasteiger partial charge in [0.15, 0.2) is 5.65 Å². The van der Waals surface area contributed by atoms with Crippen LogP contribution in [0, 0.1) is 0 Å². The zero-order valence-corrected chi connectivity index (χ0v) is 15.6. The van der Waals surface area contributed by atoms with Gasteiger partial charge in [0.05, 0.1) is 29.4 Å². The Morgan fingerprint density at radius 2 is 1.89 bits per heavy atom. The number of carboxylic acids is 1. The third-order valence-corrected chi connectivity index (χ3v) is 4.79. The first kappa shape index (κ1) is 17.7. The number of aromatic amines is 1. The molecular weight excluding hydrogens is 354 g/mol. The number of H-pyrrole nitrogens is 1. The molecule has 6 nitrogen and oxygen atoms in total. The van der Waals surface area contributed by atoms with Crippen molar-refractivity contribution in [3.63, 3.8) is 0 Å². The van der Waals surface area contributed by atoms with Crippen molar-refractivity contribution >= 4 is 17.0 Å². The monoisotopic (exact) mass is 373 g/mol. The zero-order valence-electron chi connectivity index (χ0n) is 15.6. The van der Waals surface area contributed by atoms with Gasteiger partial charge in [0.25, 0.3) is 0 Å². The van der Waals surface area contributed by atoms with E-state index in [2.05, 4.69) is 22.1 Å². The Balaban J connectivity index is 1.93. The van der Waals surface area contributed by atoms with E-state index in [0.717, 1.165) is 12.0 Å². The minimum atomic E-state index is -1.03. The summed E-state index contributed by atoms with van der Waals surface area (Å²) in [6, 6.07) is 16.9. The summed E-state index contributed by atoms with van der Waals surface area (Å²) in [6.45, 7) is 2.09. The molecule has 0 amide bonds. The number of benzene rings is 2. The fourth-order valence-electron chi connectivity index (χ4n) is 3.30. The number of hydrogen-bond acceptors (Lipinski definition) is 4. The van der Waals surface area contributed by atoms with Crippen LogP contribution < -0.4 is 4.74 Å². The highest BCUT2D eigenvalue weighted by atomic mass is 16.5. The highest BCUT2D eigenvalue weighted by molar-refractivity contribution is 6.08. The fourth-order valence-corrected chi connectivity index (χ4v) is 3.30. The molecular formula is C22H19N3O3. The number of methoxy groups -OCH3 is 1. The summed E-state index contributed by atoms with van der Waals surface area (Å²) in [5, 5.41) is 17.6. The molecule has 0 bridgehead atoms. The second-order valence-electron chi connectivity index (χ2n) is 6.41. The van der Waals surface area contributed by atoms with E-state index in [1.54, 1.807) is 13.2 Å². The van der Waals surface area contributed by atoms with Gasteiger partial charge in [-0.1, -0.05) is 43.3 Å². The summed E-state index contributed by atoms with van der Waals surface area (Å²) < 4.78 is 5.39. The number of aromatic nitrogens is 3. The molecule has 0 unspecified atom stereocenters. The van der Waals surface area contributed by atoms with Crippen molar-refractivity contribution in [3.05, 3.63) is 65.7 Å². The van der Waals surface area contributed by atoms with Crippen molar-refractivity contribution in [1.29, 1.82) is 0 Å². The third-order valence-electron chi connectivity index (χ3n) is 4.79. The number of para-hydroxylation sites is 1. The van der Waals surface area contributed by atoms with Crippen LogP contribution >= 0.6 is 0 Å². The van der Waals surface area contributed by atoms with Gasteiger partial charge in [0, 0.05) is 11.1 Å². The van der Waals surface area contributed by atoms with Gasteiger partial charge in [0.2, 0.25) is 0 Å². The maximum Gasteiger partial charge on any atom is 0.336 e. The lowest BCUT2D eigenvalue weighted by atomic mass is 10.0. The minimum Gasteiger partial charge on any atom is -0.496 e. The van der Waals surface area contributed by atoms with Gasteiger partial charge in [0.1, 0.15) is 5.75 Å². The highest BCUT2D eigenvalue weighted by Gasteiger charge is 2.20. The number of aryl methyl sites for hydroxylation is 1.